The quantitative estimate of drug-likeness (QED) is 0.717. The maximum absolute atomic E-state index is 12.1. The Morgan fingerprint density at radius 1 is 1.22 bits per heavy atom. The maximum Gasteiger partial charge on any atom is 0.243 e. The fourth-order valence-electron chi connectivity index (χ4n) is 1.84. The average Bonchev–Trinajstić information content (AvgIpc) is 2.49. The second-order valence-corrected chi connectivity index (χ2v) is 7.02. The predicted molar refractivity (Wildman–Crippen MR) is 90.9 cm³/mol. The van der Waals surface area contributed by atoms with Crippen molar-refractivity contribution in [3.8, 4) is 0 Å². The molecule has 2 rings (SSSR count). The van der Waals surface area contributed by atoms with Crippen LogP contribution in [0.2, 0.25) is 5.02 Å². The van der Waals surface area contributed by atoms with Gasteiger partial charge in [-0.3, -0.25) is 4.79 Å². The van der Waals surface area contributed by atoms with E-state index in [9.17, 15) is 13.2 Å². The van der Waals surface area contributed by atoms with Gasteiger partial charge in [0, 0.05) is 10.7 Å². The van der Waals surface area contributed by atoms with Crippen molar-refractivity contribution in [2.75, 3.05) is 17.6 Å². The van der Waals surface area contributed by atoms with Gasteiger partial charge < -0.3 is 11.1 Å². The Morgan fingerprint density at radius 3 is 2.57 bits per heavy atom. The summed E-state index contributed by atoms with van der Waals surface area (Å²) in [4.78, 5) is 11.8. The molecule has 122 valence electrons. The van der Waals surface area contributed by atoms with Crippen molar-refractivity contribution in [3.63, 3.8) is 0 Å². The van der Waals surface area contributed by atoms with E-state index >= 15 is 0 Å². The first-order valence-electron chi connectivity index (χ1n) is 6.70. The highest BCUT2D eigenvalue weighted by atomic mass is 35.5. The number of aryl methyl sites for hydroxylation is 1. The monoisotopic (exact) mass is 353 g/mol. The molecule has 0 unspecified atom stereocenters. The summed E-state index contributed by atoms with van der Waals surface area (Å²) in [6.45, 7) is 1.43. The number of sulfonamides is 1. The van der Waals surface area contributed by atoms with E-state index in [1.807, 2.05) is 6.92 Å². The summed E-state index contributed by atoms with van der Waals surface area (Å²) < 4.78 is 26.4. The number of amides is 1. The van der Waals surface area contributed by atoms with Gasteiger partial charge in [0.25, 0.3) is 0 Å². The van der Waals surface area contributed by atoms with E-state index < -0.39 is 22.5 Å². The summed E-state index contributed by atoms with van der Waals surface area (Å²) in [7, 11) is -3.86. The van der Waals surface area contributed by atoms with E-state index in [2.05, 4.69) is 10.0 Å². The minimum atomic E-state index is -3.86. The SMILES string of the molecule is Cc1ccc(NC(=O)CNS(=O)(=O)c2ccccc2N)cc1Cl. The molecule has 6 nitrogen and oxygen atoms in total. The number of nitrogens with one attached hydrogen (secondary N) is 2. The molecule has 0 aromatic heterocycles. The normalized spacial score (nSPS) is 11.2. The van der Waals surface area contributed by atoms with Gasteiger partial charge in [0.1, 0.15) is 4.90 Å². The Kier molecular flexibility index (Phi) is 5.25. The van der Waals surface area contributed by atoms with E-state index in [4.69, 9.17) is 17.3 Å². The molecule has 0 heterocycles. The van der Waals surface area contributed by atoms with Crippen LogP contribution in [0, 0.1) is 6.92 Å². The van der Waals surface area contributed by atoms with Crippen LogP contribution in [0.5, 0.6) is 0 Å². The van der Waals surface area contributed by atoms with Crippen LogP contribution in [0.4, 0.5) is 11.4 Å². The lowest BCUT2D eigenvalue weighted by molar-refractivity contribution is -0.115. The summed E-state index contributed by atoms with van der Waals surface area (Å²) in [5, 5.41) is 3.08. The molecule has 2 aromatic rings. The van der Waals surface area contributed by atoms with Crippen LogP contribution in [0.3, 0.4) is 0 Å². The lowest BCUT2D eigenvalue weighted by Gasteiger charge is -2.10. The Hall–Kier alpha value is -2.09. The van der Waals surface area contributed by atoms with Gasteiger partial charge in [0.2, 0.25) is 15.9 Å². The molecule has 0 spiro atoms. The van der Waals surface area contributed by atoms with Crippen LogP contribution in [0.15, 0.2) is 47.4 Å². The molecule has 0 aliphatic rings. The Balaban J connectivity index is 2.01. The van der Waals surface area contributed by atoms with Crippen molar-refractivity contribution in [2.45, 2.75) is 11.8 Å². The second kappa shape index (κ2) is 6.99. The summed E-state index contributed by atoms with van der Waals surface area (Å²) in [6, 6.07) is 11.1. The number of nitrogens with two attached hydrogens (primary N) is 1. The number of para-hydroxylation sites is 1. The molecular weight excluding hydrogens is 338 g/mol. The van der Waals surface area contributed by atoms with E-state index in [0.29, 0.717) is 10.7 Å². The van der Waals surface area contributed by atoms with Crippen LogP contribution in [0.1, 0.15) is 5.56 Å². The number of rotatable bonds is 5. The number of carbonyl (C=O) groups excluding carboxylic acids is 1. The largest absolute Gasteiger partial charge is 0.398 e. The number of carbonyl (C=O) groups is 1. The van der Waals surface area contributed by atoms with Crippen LogP contribution in [-0.2, 0) is 14.8 Å². The van der Waals surface area contributed by atoms with Crippen LogP contribution in [-0.4, -0.2) is 20.9 Å². The number of anilines is 2. The number of hydrogen-bond acceptors (Lipinski definition) is 4. The van der Waals surface area contributed by atoms with Crippen molar-refractivity contribution in [1.29, 1.82) is 0 Å². The standard InChI is InChI=1S/C15H16ClN3O3S/c1-10-6-7-11(8-12(10)16)19-15(20)9-18-23(21,22)14-5-3-2-4-13(14)17/h2-8,18H,9,17H2,1H3,(H,19,20). The van der Waals surface area contributed by atoms with Crippen molar-refractivity contribution in [3.05, 3.63) is 53.1 Å². The zero-order valence-corrected chi connectivity index (χ0v) is 13.9. The van der Waals surface area contributed by atoms with Crippen LogP contribution >= 0.6 is 11.6 Å². The highest BCUT2D eigenvalue weighted by molar-refractivity contribution is 7.89. The Labute approximate surface area is 139 Å². The molecule has 0 bridgehead atoms. The zero-order chi connectivity index (χ0) is 17.0. The van der Waals surface area contributed by atoms with Gasteiger partial charge in [0.15, 0.2) is 0 Å². The third-order valence-electron chi connectivity index (χ3n) is 3.09. The summed E-state index contributed by atoms with van der Waals surface area (Å²) in [5.74, 6) is -0.511. The number of nitrogen functional groups attached to an aromatic ring is 1. The molecule has 0 fully saturated rings. The molecule has 0 saturated heterocycles. The van der Waals surface area contributed by atoms with Gasteiger partial charge in [-0.25, -0.2) is 13.1 Å². The number of halogens is 1. The minimum absolute atomic E-state index is 0.0637. The highest BCUT2D eigenvalue weighted by Gasteiger charge is 2.18. The lowest BCUT2D eigenvalue weighted by atomic mass is 10.2. The van der Waals surface area contributed by atoms with Crippen LogP contribution < -0.4 is 15.8 Å². The first kappa shape index (κ1) is 17.3. The number of benzene rings is 2. The van der Waals surface area contributed by atoms with Crippen molar-refractivity contribution in [2.24, 2.45) is 0 Å². The topological polar surface area (TPSA) is 101 Å². The van der Waals surface area contributed by atoms with Crippen LogP contribution in [0.25, 0.3) is 0 Å². The zero-order valence-electron chi connectivity index (χ0n) is 12.3. The van der Waals surface area contributed by atoms with E-state index in [1.54, 1.807) is 30.3 Å². The second-order valence-electron chi connectivity index (χ2n) is 4.87. The molecule has 23 heavy (non-hydrogen) atoms. The third kappa shape index (κ3) is 4.44. The minimum Gasteiger partial charge on any atom is -0.398 e. The summed E-state index contributed by atoms with van der Waals surface area (Å²) in [5.41, 5.74) is 7.12. The summed E-state index contributed by atoms with van der Waals surface area (Å²) in [6.07, 6.45) is 0. The van der Waals surface area contributed by atoms with Gasteiger partial charge in [-0.15, -0.1) is 0 Å². The average molecular weight is 354 g/mol. The van der Waals surface area contributed by atoms with Crippen molar-refractivity contribution >= 4 is 38.9 Å². The molecule has 8 heteroatoms. The van der Waals surface area contributed by atoms with E-state index in [1.165, 1.54) is 12.1 Å². The van der Waals surface area contributed by atoms with E-state index in [-0.39, 0.29) is 10.6 Å². The number of hydrogen-bond donors (Lipinski definition) is 3. The maximum atomic E-state index is 12.1. The van der Waals surface area contributed by atoms with Gasteiger partial charge in [-0.1, -0.05) is 29.8 Å². The molecule has 1 amide bonds. The summed E-state index contributed by atoms with van der Waals surface area (Å²) >= 11 is 5.97. The first-order chi connectivity index (χ1) is 10.8. The van der Waals surface area contributed by atoms with Crippen molar-refractivity contribution in [1.82, 2.24) is 4.72 Å². The lowest BCUT2D eigenvalue weighted by Crippen LogP contribution is -2.33. The molecule has 4 N–H and O–H groups in total. The molecule has 0 radical (unpaired) electrons. The Morgan fingerprint density at radius 2 is 1.91 bits per heavy atom. The molecule has 2 aromatic carbocycles. The van der Waals surface area contributed by atoms with Gasteiger partial charge >= 0.3 is 0 Å². The first-order valence-corrected chi connectivity index (χ1v) is 8.56. The highest BCUT2D eigenvalue weighted by Crippen LogP contribution is 2.20. The molecule has 0 aliphatic heterocycles. The fraction of sp³-hybridized carbons (Fsp3) is 0.133. The van der Waals surface area contributed by atoms with Gasteiger partial charge in [0.05, 0.1) is 12.2 Å². The molecule has 0 saturated carbocycles. The van der Waals surface area contributed by atoms with Gasteiger partial charge in [-0.2, -0.15) is 0 Å². The Bertz CT molecular complexity index is 838. The van der Waals surface area contributed by atoms with Crippen molar-refractivity contribution < 1.29 is 13.2 Å². The van der Waals surface area contributed by atoms with Gasteiger partial charge in [-0.05, 0) is 36.8 Å². The predicted octanol–water partition coefficient (Wildman–Crippen LogP) is 2.15. The fourth-order valence-corrected chi connectivity index (χ4v) is 3.13. The van der Waals surface area contributed by atoms with E-state index in [0.717, 1.165) is 5.56 Å². The molecule has 0 atom stereocenters. The molecular formula is C15H16ClN3O3S. The third-order valence-corrected chi connectivity index (χ3v) is 4.97. The smallest absolute Gasteiger partial charge is 0.243 e. The molecule has 0 aliphatic carbocycles.